The Kier molecular flexibility index (Phi) is 9.88. The Morgan fingerprint density at radius 3 is 1.38 bits per heavy atom. The second-order valence-corrected chi connectivity index (χ2v) is 17.7. The van der Waals surface area contributed by atoms with Crippen molar-refractivity contribution in [2.24, 2.45) is 0 Å². The lowest BCUT2D eigenvalue weighted by atomic mass is 9.93. The first-order valence-electron chi connectivity index (χ1n) is 22.7. The van der Waals surface area contributed by atoms with E-state index in [1.807, 2.05) is 18.2 Å². The molecule has 0 unspecified atom stereocenters. The first-order valence-corrected chi connectivity index (χ1v) is 22.7. The summed E-state index contributed by atoms with van der Waals surface area (Å²) < 4.78 is 13.6. The van der Waals surface area contributed by atoms with E-state index in [0.29, 0.717) is 11.8 Å². The topological polar surface area (TPSA) is 32.8 Å². The van der Waals surface area contributed by atoms with Crippen LogP contribution in [0.3, 0.4) is 0 Å². The van der Waals surface area contributed by atoms with Crippen LogP contribution < -0.4 is 9.80 Å². The Morgan fingerprint density at radius 2 is 0.877 bits per heavy atom. The molecule has 4 nitrogen and oxygen atoms in total. The molecule has 11 aromatic rings. The molecule has 2 aromatic heterocycles. The van der Waals surface area contributed by atoms with Crippen molar-refractivity contribution in [3.05, 3.63) is 211 Å². The van der Waals surface area contributed by atoms with E-state index < -0.39 is 0 Å². The van der Waals surface area contributed by atoms with Crippen LogP contribution in [0.25, 0.3) is 71.3 Å². The molecule has 0 spiro atoms. The predicted molar refractivity (Wildman–Crippen MR) is 278 cm³/mol. The summed E-state index contributed by atoms with van der Waals surface area (Å²) in [6, 6.07) is 61.9. The number of anilines is 6. The summed E-state index contributed by atoms with van der Waals surface area (Å²) in [5, 5.41) is 10.2. The summed E-state index contributed by atoms with van der Waals surface area (Å²) >= 11 is 0. The highest BCUT2D eigenvalue weighted by Gasteiger charge is 2.26. The van der Waals surface area contributed by atoms with Gasteiger partial charge >= 0.3 is 0 Å². The fraction of sp³-hybridized carbons (Fsp3) is 0.115. The van der Waals surface area contributed by atoms with Gasteiger partial charge in [0.1, 0.15) is 11.3 Å². The maximum absolute atomic E-state index is 6.79. The number of nitrogens with zero attached hydrogens (tertiary/aromatic N) is 2. The van der Waals surface area contributed by atoms with E-state index >= 15 is 0 Å². The van der Waals surface area contributed by atoms with Crippen molar-refractivity contribution in [3.63, 3.8) is 0 Å². The van der Waals surface area contributed by atoms with Crippen molar-refractivity contribution in [3.8, 4) is 0 Å². The van der Waals surface area contributed by atoms with Gasteiger partial charge in [0.05, 0.1) is 22.7 Å². The summed E-state index contributed by atoms with van der Waals surface area (Å²) in [5.41, 5.74) is 12.5. The van der Waals surface area contributed by atoms with Crippen LogP contribution in [-0.4, -0.2) is 0 Å². The second kappa shape index (κ2) is 16.1. The van der Waals surface area contributed by atoms with Crippen LogP contribution >= 0.6 is 0 Å². The Labute approximate surface area is 379 Å². The molecule has 9 aromatic carbocycles. The molecule has 4 heteroatoms. The van der Waals surface area contributed by atoms with Crippen molar-refractivity contribution < 1.29 is 8.83 Å². The van der Waals surface area contributed by atoms with E-state index in [-0.39, 0.29) is 0 Å². The lowest BCUT2D eigenvalue weighted by Gasteiger charge is -2.30. The smallest absolute Gasteiger partial charge is 0.159 e. The number of aryl methyl sites for hydroxylation is 1. The number of allylic oxidation sites excluding steroid dienone is 2. The van der Waals surface area contributed by atoms with Gasteiger partial charge < -0.3 is 18.6 Å². The highest BCUT2D eigenvalue weighted by atomic mass is 16.3. The summed E-state index contributed by atoms with van der Waals surface area (Å²) in [4.78, 5) is 4.80. The second-order valence-electron chi connectivity index (χ2n) is 17.7. The van der Waals surface area contributed by atoms with Crippen LogP contribution in [0.15, 0.2) is 197 Å². The van der Waals surface area contributed by atoms with Crippen molar-refractivity contribution in [2.45, 2.75) is 46.5 Å². The van der Waals surface area contributed by atoms with Gasteiger partial charge in [0.2, 0.25) is 0 Å². The van der Waals surface area contributed by atoms with E-state index in [1.54, 1.807) is 6.08 Å². The lowest BCUT2D eigenvalue weighted by Crippen LogP contribution is -2.12. The van der Waals surface area contributed by atoms with Gasteiger partial charge in [-0.15, -0.1) is 0 Å². The van der Waals surface area contributed by atoms with Crippen LogP contribution in [0.2, 0.25) is 0 Å². The molecule has 11 rings (SSSR count). The number of fused-ring (bicyclic) bond motifs is 9. The Bertz CT molecular complexity index is 3640. The third-order valence-electron chi connectivity index (χ3n) is 13.2. The highest BCUT2D eigenvalue weighted by Crippen LogP contribution is 2.50. The molecule has 0 aliphatic carbocycles. The number of rotatable bonds is 10. The third-order valence-corrected chi connectivity index (χ3v) is 13.2. The van der Waals surface area contributed by atoms with Crippen LogP contribution in [0.1, 0.15) is 62.0 Å². The molecule has 316 valence electrons. The third kappa shape index (κ3) is 6.68. The van der Waals surface area contributed by atoms with Gasteiger partial charge in [0.15, 0.2) is 11.2 Å². The fourth-order valence-corrected chi connectivity index (χ4v) is 9.76. The minimum absolute atomic E-state index is 0.404. The highest BCUT2D eigenvalue weighted by molar-refractivity contribution is 6.25. The molecule has 0 aliphatic heterocycles. The van der Waals surface area contributed by atoms with Gasteiger partial charge in [-0.3, -0.25) is 0 Å². The van der Waals surface area contributed by atoms with Crippen LogP contribution in [0.5, 0.6) is 0 Å². The molecular weight excluding hydrogens is 793 g/mol. The molecule has 0 saturated carbocycles. The van der Waals surface area contributed by atoms with Crippen molar-refractivity contribution >= 4 is 105 Å². The fourth-order valence-electron chi connectivity index (χ4n) is 9.76. The maximum atomic E-state index is 6.79. The monoisotopic (exact) mass is 842 g/mol. The zero-order valence-corrected chi connectivity index (χ0v) is 37.5. The lowest BCUT2D eigenvalue weighted by molar-refractivity contribution is 0.601. The molecule has 0 bridgehead atoms. The zero-order chi connectivity index (χ0) is 44.3. The SMILES string of the molecule is C=C/C=C\c1oc2c(N(c3ccc(C(C)C)cc3)c3cc4c5ccccc5c(N(c5ccc(C(C)C)cc5)c5cccc6c5oc5ccccc56)cc4c4ccccc34)cccc2c1C. The van der Waals surface area contributed by atoms with E-state index in [4.69, 9.17) is 8.83 Å². The summed E-state index contributed by atoms with van der Waals surface area (Å²) in [7, 11) is 0. The van der Waals surface area contributed by atoms with E-state index in [9.17, 15) is 0 Å². The zero-order valence-electron chi connectivity index (χ0n) is 37.5. The number of hydrogen-bond acceptors (Lipinski definition) is 4. The van der Waals surface area contributed by atoms with Crippen LogP contribution in [-0.2, 0) is 0 Å². The molecule has 0 atom stereocenters. The molecule has 0 saturated heterocycles. The standard InChI is InChI=1S/C61H50N2O2/c1-7-8-26-58-40(6)45-22-15-24-54(60(45)64-58)62(43-32-28-41(29-33-43)38(2)3)56-36-52-47-18-10-12-20-49(47)57(37-53(52)46-17-9-11-19-48(46)56)63(44-34-30-42(31-35-44)39(4)5)55-25-16-23-51-50-21-13-14-27-59(50)65-61(51)55/h7-39H,1H2,2-6H3/b26-8-. The van der Waals surface area contributed by atoms with Gasteiger partial charge in [-0.25, -0.2) is 0 Å². The average Bonchev–Trinajstić information content (AvgIpc) is 3.89. The van der Waals surface area contributed by atoms with Gasteiger partial charge in [0.25, 0.3) is 0 Å². The number of para-hydroxylation sites is 3. The Morgan fingerprint density at radius 1 is 0.431 bits per heavy atom. The molecule has 65 heavy (non-hydrogen) atoms. The predicted octanol–water partition coefficient (Wildman–Crippen LogP) is 18.5. The Balaban J connectivity index is 1.21. The van der Waals surface area contributed by atoms with Gasteiger partial charge in [-0.05, 0) is 112 Å². The molecule has 0 fully saturated rings. The molecule has 0 radical (unpaired) electrons. The number of benzene rings is 9. The molecule has 0 amide bonds. The minimum atomic E-state index is 0.404. The number of furan rings is 2. The summed E-state index contributed by atoms with van der Waals surface area (Å²) in [5.74, 6) is 1.64. The quantitative estimate of drug-likeness (QED) is 0.101. The molecular formula is C61H50N2O2. The normalized spacial score (nSPS) is 12.0. The Hall–Kier alpha value is -7.82. The van der Waals surface area contributed by atoms with Gasteiger partial charge in [-0.2, -0.15) is 0 Å². The largest absolute Gasteiger partial charge is 0.454 e. The van der Waals surface area contributed by atoms with Gasteiger partial charge in [0, 0.05) is 43.9 Å². The van der Waals surface area contributed by atoms with E-state index in [1.165, 1.54) is 11.1 Å². The van der Waals surface area contributed by atoms with E-state index in [2.05, 4.69) is 215 Å². The first-order chi connectivity index (χ1) is 31.8. The van der Waals surface area contributed by atoms with E-state index in [0.717, 1.165) is 111 Å². The van der Waals surface area contributed by atoms with Crippen molar-refractivity contribution in [1.82, 2.24) is 0 Å². The number of hydrogen-bond donors (Lipinski definition) is 0. The molecule has 0 aliphatic rings. The maximum Gasteiger partial charge on any atom is 0.159 e. The summed E-state index contributed by atoms with van der Waals surface area (Å²) in [6.45, 7) is 15.0. The van der Waals surface area contributed by atoms with Gasteiger partial charge in [-0.1, -0.05) is 162 Å². The van der Waals surface area contributed by atoms with Crippen LogP contribution in [0.4, 0.5) is 34.1 Å². The van der Waals surface area contributed by atoms with Crippen molar-refractivity contribution in [2.75, 3.05) is 9.80 Å². The molecule has 0 N–H and O–H groups in total. The summed E-state index contributed by atoms with van der Waals surface area (Å²) in [6.07, 6.45) is 5.72. The average molecular weight is 843 g/mol. The van der Waals surface area contributed by atoms with Crippen molar-refractivity contribution in [1.29, 1.82) is 0 Å². The first kappa shape index (κ1) is 40.0. The van der Waals surface area contributed by atoms with Crippen LogP contribution in [0, 0.1) is 6.92 Å². The molecule has 2 heterocycles. The minimum Gasteiger partial charge on any atom is -0.454 e.